The second kappa shape index (κ2) is 7.95. The molecule has 0 unspecified atom stereocenters. The Balaban J connectivity index is 1.72. The van der Waals surface area contributed by atoms with E-state index in [4.69, 9.17) is 9.47 Å². The molecule has 1 aliphatic heterocycles. The van der Waals surface area contributed by atoms with Crippen LogP contribution in [0.4, 0.5) is 0 Å². The fraction of sp³-hybridized carbons (Fsp3) is 0.400. The van der Waals surface area contributed by atoms with Gasteiger partial charge in [0.15, 0.2) is 11.5 Å². The third-order valence-electron chi connectivity index (χ3n) is 4.72. The van der Waals surface area contributed by atoms with Crippen LogP contribution in [0.3, 0.4) is 0 Å². The molecule has 0 aliphatic carbocycles. The molecule has 4 atom stereocenters. The van der Waals surface area contributed by atoms with Gasteiger partial charge in [0.05, 0.1) is 31.5 Å². The number of methoxy groups -OCH3 is 1. The van der Waals surface area contributed by atoms with E-state index in [1.165, 1.54) is 13.2 Å². The maximum atomic E-state index is 10.6. The predicted octanol–water partition coefficient (Wildman–Crippen LogP) is 2.29. The molecule has 0 radical (unpaired) electrons. The van der Waals surface area contributed by atoms with Gasteiger partial charge in [-0.25, -0.2) is 0 Å². The molecule has 26 heavy (non-hydrogen) atoms. The summed E-state index contributed by atoms with van der Waals surface area (Å²) in [7, 11) is 1.47. The zero-order valence-electron chi connectivity index (χ0n) is 14.6. The summed E-state index contributed by atoms with van der Waals surface area (Å²) in [5.74, 6) is 0.554. The van der Waals surface area contributed by atoms with E-state index in [0.717, 1.165) is 11.1 Å². The minimum Gasteiger partial charge on any atom is -0.508 e. The molecular formula is C20H24O6. The first-order valence-corrected chi connectivity index (χ1v) is 8.62. The van der Waals surface area contributed by atoms with Crippen molar-refractivity contribution in [2.24, 2.45) is 0 Å². The molecular weight excluding hydrogens is 336 g/mol. The van der Waals surface area contributed by atoms with Gasteiger partial charge in [0.2, 0.25) is 0 Å². The third-order valence-corrected chi connectivity index (χ3v) is 4.72. The molecule has 2 aromatic carbocycles. The second-order valence-electron chi connectivity index (χ2n) is 6.66. The quantitative estimate of drug-likeness (QED) is 0.653. The summed E-state index contributed by atoms with van der Waals surface area (Å²) in [5.41, 5.74) is 1.65. The van der Waals surface area contributed by atoms with E-state index in [1.54, 1.807) is 36.4 Å². The Bertz CT molecular complexity index is 730. The van der Waals surface area contributed by atoms with Crippen molar-refractivity contribution in [3.63, 3.8) is 0 Å². The number of phenolic OH excluding ortho intramolecular Hbond substituents is 2. The van der Waals surface area contributed by atoms with Crippen LogP contribution in [-0.2, 0) is 11.2 Å². The Morgan fingerprint density at radius 3 is 2.54 bits per heavy atom. The minimum absolute atomic E-state index is 0.0384. The summed E-state index contributed by atoms with van der Waals surface area (Å²) in [5, 5.41) is 39.9. The van der Waals surface area contributed by atoms with Crippen LogP contribution in [-0.4, -0.2) is 45.8 Å². The van der Waals surface area contributed by atoms with Gasteiger partial charge in [-0.3, -0.25) is 0 Å². The highest BCUT2D eigenvalue weighted by Gasteiger charge is 2.33. The molecule has 1 heterocycles. The molecule has 2 aromatic rings. The topological polar surface area (TPSA) is 99.4 Å². The molecule has 1 fully saturated rings. The monoisotopic (exact) mass is 360 g/mol. The van der Waals surface area contributed by atoms with Crippen molar-refractivity contribution >= 4 is 0 Å². The Morgan fingerprint density at radius 1 is 1.12 bits per heavy atom. The number of hydrogen-bond donors (Lipinski definition) is 4. The van der Waals surface area contributed by atoms with Crippen LogP contribution >= 0.6 is 0 Å². The number of aliphatic hydroxyl groups excluding tert-OH is 2. The average molecular weight is 360 g/mol. The van der Waals surface area contributed by atoms with Crippen molar-refractivity contribution in [1.82, 2.24) is 0 Å². The van der Waals surface area contributed by atoms with Crippen molar-refractivity contribution in [2.75, 3.05) is 7.11 Å². The lowest BCUT2D eigenvalue weighted by molar-refractivity contribution is -0.139. The largest absolute Gasteiger partial charge is 0.508 e. The molecule has 0 aromatic heterocycles. The van der Waals surface area contributed by atoms with Gasteiger partial charge in [0, 0.05) is 19.3 Å². The van der Waals surface area contributed by atoms with E-state index in [9.17, 15) is 20.4 Å². The van der Waals surface area contributed by atoms with Gasteiger partial charge < -0.3 is 29.9 Å². The molecule has 1 saturated heterocycles. The molecule has 140 valence electrons. The maximum absolute atomic E-state index is 10.6. The summed E-state index contributed by atoms with van der Waals surface area (Å²) < 4.78 is 11.2. The lowest BCUT2D eigenvalue weighted by Crippen LogP contribution is -2.40. The van der Waals surface area contributed by atoms with Crippen molar-refractivity contribution in [3.8, 4) is 17.2 Å². The van der Waals surface area contributed by atoms with Gasteiger partial charge in [-0.2, -0.15) is 0 Å². The summed E-state index contributed by atoms with van der Waals surface area (Å²) in [6.07, 6.45) is -1.15. The number of ether oxygens (including phenoxy) is 2. The fourth-order valence-corrected chi connectivity index (χ4v) is 3.30. The van der Waals surface area contributed by atoms with Gasteiger partial charge in [0.25, 0.3) is 0 Å². The Hall–Kier alpha value is -2.28. The average Bonchev–Trinajstić information content (AvgIpc) is 2.63. The summed E-state index contributed by atoms with van der Waals surface area (Å²) in [4.78, 5) is 0. The van der Waals surface area contributed by atoms with Gasteiger partial charge in [-0.1, -0.05) is 18.2 Å². The highest BCUT2D eigenvalue weighted by Crippen LogP contribution is 2.37. The molecule has 4 N–H and O–H groups in total. The molecule has 0 saturated carbocycles. The van der Waals surface area contributed by atoms with E-state index in [2.05, 4.69) is 0 Å². The summed E-state index contributed by atoms with van der Waals surface area (Å²) in [6, 6.07) is 11.6. The van der Waals surface area contributed by atoms with Crippen LogP contribution in [0.1, 0.15) is 30.1 Å². The molecule has 6 nitrogen and oxygen atoms in total. The highest BCUT2D eigenvalue weighted by atomic mass is 16.5. The number of rotatable bonds is 5. The van der Waals surface area contributed by atoms with Gasteiger partial charge >= 0.3 is 0 Å². The van der Waals surface area contributed by atoms with Crippen LogP contribution in [0.15, 0.2) is 42.5 Å². The standard InChI is InChI=1S/C20H24O6/c1-25-19-9-13(4-7-16(19)23)18-10-15(22)11-20(26-18)17(24)8-12-2-5-14(21)6-3-12/h2-7,9,15,17-18,20-24H,8,10-11H2,1H3/t15-,17-,18+,20-/m0/s1. The lowest BCUT2D eigenvalue weighted by Gasteiger charge is -2.36. The maximum Gasteiger partial charge on any atom is 0.160 e. The molecule has 0 bridgehead atoms. The number of aromatic hydroxyl groups is 2. The minimum atomic E-state index is -0.781. The number of aliphatic hydroxyl groups is 2. The van der Waals surface area contributed by atoms with Crippen LogP contribution in [0.25, 0.3) is 0 Å². The first-order chi connectivity index (χ1) is 12.5. The Morgan fingerprint density at radius 2 is 1.85 bits per heavy atom. The Kier molecular flexibility index (Phi) is 5.66. The van der Waals surface area contributed by atoms with Crippen LogP contribution in [0, 0.1) is 0 Å². The fourth-order valence-electron chi connectivity index (χ4n) is 3.30. The van der Waals surface area contributed by atoms with Crippen molar-refractivity contribution in [1.29, 1.82) is 0 Å². The zero-order valence-corrected chi connectivity index (χ0v) is 14.6. The molecule has 0 amide bonds. The van der Waals surface area contributed by atoms with Crippen LogP contribution in [0.2, 0.25) is 0 Å². The molecule has 1 aliphatic rings. The van der Waals surface area contributed by atoms with E-state index in [1.807, 2.05) is 0 Å². The van der Waals surface area contributed by atoms with Crippen molar-refractivity contribution in [2.45, 2.75) is 43.7 Å². The van der Waals surface area contributed by atoms with E-state index < -0.39 is 24.4 Å². The van der Waals surface area contributed by atoms with E-state index >= 15 is 0 Å². The lowest BCUT2D eigenvalue weighted by atomic mass is 9.92. The van der Waals surface area contributed by atoms with Crippen LogP contribution < -0.4 is 4.74 Å². The second-order valence-corrected chi connectivity index (χ2v) is 6.66. The van der Waals surface area contributed by atoms with Crippen molar-refractivity contribution in [3.05, 3.63) is 53.6 Å². The van der Waals surface area contributed by atoms with Gasteiger partial charge in [-0.15, -0.1) is 0 Å². The summed E-state index contributed by atoms with van der Waals surface area (Å²) in [6.45, 7) is 0. The predicted molar refractivity (Wildman–Crippen MR) is 95.3 cm³/mol. The number of phenols is 2. The van der Waals surface area contributed by atoms with Gasteiger partial charge in [0.1, 0.15) is 5.75 Å². The smallest absolute Gasteiger partial charge is 0.160 e. The first-order valence-electron chi connectivity index (χ1n) is 8.62. The molecule has 3 rings (SSSR count). The number of benzene rings is 2. The first kappa shape index (κ1) is 18.5. The van der Waals surface area contributed by atoms with Crippen molar-refractivity contribution < 1.29 is 29.9 Å². The SMILES string of the molecule is COc1cc([C@H]2C[C@H](O)C[C@@H]([C@@H](O)Cc3ccc(O)cc3)O2)ccc1O. The zero-order chi connectivity index (χ0) is 18.7. The molecule has 6 heteroatoms. The number of hydrogen-bond acceptors (Lipinski definition) is 6. The molecule has 0 spiro atoms. The Labute approximate surface area is 152 Å². The summed E-state index contributed by atoms with van der Waals surface area (Å²) >= 11 is 0. The van der Waals surface area contributed by atoms with E-state index in [0.29, 0.717) is 25.0 Å². The van der Waals surface area contributed by atoms with E-state index in [-0.39, 0.29) is 11.5 Å². The van der Waals surface area contributed by atoms with Crippen LogP contribution in [0.5, 0.6) is 17.2 Å². The normalized spacial score (nSPS) is 24.2. The highest BCUT2D eigenvalue weighted by molar-refractivity contribution is 5.42. The third kappa shape index (κ3) is 4.27. The van der Waals surface area contributed by atoms with Gasteiger partial charge in [-0.05, 0) is 35.4 Å².